The van der Waals surface area contributed by atoms with Crippen LogP contribution in [0.3, 0.4) is 0 Å². The zero-order chi connectivity index (χ0) is 34.9. The third-order valence-corrected chi connectivity index (χ3v) is 11.9. The van der Waals surface area contributed by atoms with E-state index in [-0.39, 0.29) is 0 Å². The Hall–Kier alpha value is -6.68. The molecule has 0 atom stereocenters. The lowest BCUT2D eigenvalue weighted by Gasteiger charge is -2.28. The van der Waals surface area contributed by atoms with Gasteiger partial charge in [0.1, 0.15) is 0 Å². The van der Waals surface area contributed by atoms with E-state index in [4.69, 9.17) is 0 Å². The summed E-state index contributed by atoms with van der Waals surface area (Å²) in [5.74, 6) is 0. The predicted octanol–water partition coefficient (Wildman–Crippen LogP) is 14.6. The van der Waals surface area contributed by atoms with Crippen LogP contribution in [0.1, 0.15) is 0 Å². The lowest BCUT2D eigenvalue weighted by Crippen LogP contribution is -2.10. The fourth-order valence-electron chi connectivity index (χ4n) is 8.31. The molecule has 2 nitrogen and oxygen atoms in total. The van der Waals surface area contributed by atoms with Crippen LogP contribution in [-0.4, -0.2) is 4.57 Å². The first kappa shape index (κ1) is 30.0. The van der Waals surface area contributed by atoms with E-state index in [1.807, 2.05) is 11.3 Å². The first-order chi connectivity index (χ1) is 26.3. The van der Waals surface area contributed by atoms with E-state index in [2.05, 4.69) is 204 Å². The highest BCUT2D eigenvalue weighted by Crippen LogP contribution is 2.45. The maximum atomic E-state index is 2.45. The molecule has 53 heavy (non-hydrogen) atoms. The summed E-state index contributed by atoms with van der Waals surface area (Å²) in [6.07, 6.45) is 0. The van der Waals surface area contributed by atoms with Gasteiger partial charge in [0, 0.05) is 53.4 Å². The Bertz CT molecular complexity index is 3170. The van der Waals surface area contributed by atoms with Crippen molar-refractivity contribution in [2.24, 2.45) is 0 Å². The van der Waals surface area contributed by atoms with Crippen molar-refractivity contribution in [2.75, 3.05) is 4.90 Å². The summed E-state index contributed by atoms with van der Waals surface area (Å²) in [6, 6.07) is 71.1. The van der Waals surface area contributed by atoms with E-state index in [1.165, 1.54) is 74.6 Å². The van der Waals surface area contributed by atoms with Gasteiger partial charge < -0.3 is 9.47 Å². The van der Waals surface area contributed by atoms with Gasteiger partial charge in [0.2, 0.25) is 0 Å². The molecule has 0 saturated heterocycles. The van der Waals surface area contributed by atoms with E-state index < -0.39 is 0 Å². The summed E-state index contributed by atoms with van der Waals surface area (Å²) in [4.78, 5) is 2.45. The summed E-state index contributed by atoms with van der Waals surface area (Å²) in [5.41, 5.74) is 9.37. The zero-order valence-corrected chi connectivity index (χ0v) is 29.6. The molecule has 9 aromatic carbocycles. The summed E-state index contributed by atoms with van der Waals surface area (Å²) in [5, 5.41) is 10.1. The molecule has 0 unspecified atom stereocenters. The highest BCUT2D eigenvalue weighted by Gasteiger charge is 2.20. The molecule has 0 aliphatic rings. The quantitative estimate of drug-likeness (QED) is 0.163. The number of nitrogens with zero attached hydrogens (tertiary/aromatic N) is 2. The smallest absolute Gasteiger partial charge is 0.0546 e. The molecule has 2 aromatic heterocycles. The second-order valence-corrected chi connectivity index (χ2v) is 14.8. The predicted molar refractivity (Wildman–Crippen MR) is 229 cm³/mol. The minimum Gasteiger partial charge on any atom is -0.310 e. The number of fused-ring (bicyclic) bond motifs is 9. The van der Waals surface area contributed by atoms with E-state index in [9.17, 15) is 0 Å². The minimum absolute atomic E-state index is 1.11. The van der Waals surface area contributed by atoms with E-state index in [1.54, 1.807) is 0 Å². The average molecular weight is 693 g/mol. The molecule has 0 radical (unpaired) electrons. The van der Waals surface area contributed by atoms with Crippen LogP contribution in [0, 0.1) is 0 Å². The largest absolute Gasteiger partial charge is 0.310 e. The summed E-state index contributed by atoms with van der Waals surface area (Å²) in [6.45, 7) is 0. The number of hydrogen-bond donors (Lipinski definition) is 0. The first-order valence-corrected chi connectivity index (χ1v) is 18.9. The van der Waals surface area contributed by atoms with Crippen molar-refractivity contribution >= 4 is 91.9 Å². The third kappa shape index (κ3) is 4.78. The number of anilines is 3. The molecule has 0 fully saturated rings. The standard InChI is InChI=1S/C50H32N2S/c1-2-13-36(14-3-1)52-46-20-10-8-18-42(46)44-32-38(27-28-47(44)52)51(48-31-35-12-4-5-15-39(35)40-16-6-7-17-41(40)48)37-25-22-33(23-26-37)34-24-29-50-45(30-34)43-19-9-11-21-49(43)53-50/h1-32H. The molecule has 0 aliphatic heterocycles. The van der Waals surface area contributed by atoms with Gasteiger partial charge in [0.25, 0.3) is 0 Å². The van der Waals surface area contributed by atoms with Crippen molar-refractivity contribution in [1.82, 2.24) is 4.57 Å². The number of benzene rings is 9. The number of aromatic nitrogens is 1. The van der Waals surface area contributed by atoms with Crippen molar-refractivity contribution in [3.8, 4) is 16.8 Å². The normalized spacial score (nSPS) is 11.8. The van der Waals surface area contributed by atoms with Crippen LogP contribution in [0.5, 0.6) is 0 Å². The van der Waals surface area contributed by atoms with Crippen molar-refractivity contribution < 1.29 is 0 Å². The summed E-state index contributed by atoms with van der Waals surface area (Å²) in [7, 11) is 0. The van der Waals surface area contributed by atoms with E-state index >= 15 is 0 Å². The van der Waals surface area contributed by atoms with E-state index in [0.717, 1.165) is 22.7 Å². The second kappa shape index (κ2) is 11.9. The molecule has 2 heterocycles. The van der Waals surface area contributed by atoms with Gasteiger partial charge in [-0.05, 0) is 100 Å². The second-order valence-electron chi connectivity index (χ2n) is 13.7. The molecule has 0 N–H and O–H groups in total. The molecule has 0 bridgehead atoms. The molecule has 0 spiro atoms. The third-order valence-electron chi connectivity index (χ3n) is 10.8. The summed E-state index contributed by atoms with van der Waals surface area (Å²) < 4.78 is 5.04. The number of hydrogen-bond acceptors (Lipinski definition) is 2. The van der Waals surface area contributed by atoms with Gasteiger partial charge in [-0.15, -0.1) is 11.3 Å². The first-order valence-electron chi connectivity index (χ1n) is 18.1. The van der Waals surface area contributed by atoms with Gasteiger partial charge in [-0.2, -0.15) is 0 Å². The molecular weight excluding hydrogens is 661 g/mol. The Morgan fingerprint density at radius 1 is 0.358 bits per heavy atom. The van der Waals surface area contributed by atoms with Crippen molar-refractivity contribution in [1.29, 1.82) is 0 Å². The van der Waals surface area contributed by atoms with Crippen LogP contribution in [0.4, 0.5) is 17.1 Å². The highest BCUT2D eigenvalue weighted by atomic mass is 32.1. The maximum Gasteiger partial charge on any atom is 0.0546 e. The zero-order valence-electron chi connectivity index (χ0n) is 28.8. The van der Waals surface area contributed by atoms with Crippen LogP contribution >= 0.6 is 11.3 Å². The molecular formula is C50H32N2S. The number of rotatable bonds is 5. The highest BCUT2D eigenvalue weighted by molar-refractivity contribution is 7.25. The molecule has 0 amide bonds. The topological polar surface area (TPSA) is 8.17 Å². The molecule has 248 valence electrons. The lowest BCUT2D eigenvalue weighted by atomic mass is 9.98. The van der Waals surface area contributed by atoms with Crippen molar-refractivity contribution in [3.63, 3.8) is 0 Å². The molecule has 11 rings (SSSR count). The van der Waals surface area contributed by atoms with Gasteiger partial charge in [-0.1, -0.05) is 121 Å². The average Bonchev–Trinajstić information content (AvgIpc) is 3.77. The Kier molecular flexibility index (Phi) is 6.76. The Balaban J connectivity index is 1.13. The van der Waals surface area contributed by atoms with Crippen LogP contribution in [-0.2, 0) is 0 Å². The van der Waals surface area contributed by atoms with Gasteiger partial charge in [0.15, 0.2) is 0 Å². The Morgan fingerprint density at radius 3 is 1.83 bits per heavy atom. The Labute approximate surface area is 311 Å². The van der Waals surface area contributed by atoms with Crippen LogP contribution < -0.4 is 4.90 Å². The lowest BCUT2D eigenvalue weighted by molar-refractivity contribution is 1.18. The van der Waals surface area contributed by atoms with Crippen LogP contribution in [0.2, 0.25) is 0 Å². The van der Waals surface area contributed by atoms with Crippen LogP contribution in [0.15, 0.2) is 194 Å². The number of thiophene rings is 1. The van der Waals surface area contributed by atoms with Crippen LogP contribution in [0.25, 0.3) is 80.3 Å². The molecule has 3 heteroatoms. The molecule has 0 aliphatic carbocycles. The van der Waals surface area contributed by atoms with Crippen molar-refractivity contribution in [2.45, 2.75) is 0 Å². The monoisotopic (exact) mass is 692 g/mol. The fraction of sp³-hybridized carbons (Fsp3) is 0. The van der Waals surface area contributed by atoms with Gasteiger partial charge >= 0.3 is 0 Å². The fourth-order valence-corrected chi connectivity index (χ4v) is 9.40. The maximum absolute atomic E-state index is 2.45. The van der Waals surface area contributed by atoms with Gasteiger partial charge in [0.05, 0.1) is 16.7 Å². The molecule has 0 saturated carbocycles. The number of para-hydroxylation sites is 2. The molecule has 11 aromatic rings. The summed E-state index contributed by atoms with van der Waals surface area (Å²) >= 11 is 1.86. The van der Waals surface area contributed by atoms with E-state index in [0.29, 0.717) is 0 Å². The van der Waals surface area contributed by atoms with Gasteiger partial charge in [-0.3, -0.25) is 0 Å². The Morgan fingerprint density at radius 2 is 0.981 bits per heavy atom. The minimum atomic E-state index is 1.11. The SMILES string of the molecule is c1ccc(-n2c3ccccc3c3cc(N(c4ccc(-c5ccc6sc7ccccc7c6c5)cc4)c4cc5ccccc5c5ccccc45)ccc32)cc1. The van der Waals surface area contributed by atoms with Crippen molar-refractivity contribution in [3.05, 3.63) is 194 Å². The van der Waals surface area contributed by atoms with Gasteiger partial charge in [-0.25, -0.2) is 0 Å².